The van der Waals surface area contributed by atoms with Gasteiger partial charge in [-0.1, -0.05) is 30.3 Å². The van der Waals surface area contributed by atoms with E-state index in [0.717, 1.165) is 17.1 Å². The topological polar surface area (TPSA) is 126 Å². The number of nitrogens with zero attached hydrogens (tertiary/aromatic N) is 1. The zero-order chi connectivity index (χ0) is 21.3. The van der Waals surface area contributed by atoms with E-state index in [1.807, 2.05) is 30.3 Å². The Hall–Kier alpha value is -3.27. The smallest absolute Gasteiger partial charge is 0.408 e. The molecule has 1 aliphatic rings. The van der Waals surface area contributed by atoms with Crippen LogP contribution in [0.2, 0.25) is 0 Å². The lowest BCUT2D eigenvalue weighted by Gasteiger charge is -2.23. The molecule has 0 aliphatic carbocycles. The molecule has 0 radical (unpaired) electrons. The van der Waals surface area contributed by atoms with Gasteiger partial charge in [0, 0.05) is 23.7 Å². The number of carbonyl (C=O) groups is 4. The lowest BCUT2D eigenvalue weighted by atomic mass is 10.0. The van der Waals surface area contributed by atoms with Crippen LogP contribution in [0.1, 0.15) is 36.4 Å². The normalized spacial score (nSPS) is 17.8. The standard InChI is InChI=1S/C20H22N4O5S/c25-17-15(8-4-5-9-21-19(17)27)23-18(26)16(14-10-22-30-12-14)24-20(28)29-11-13-6-2-1-3-7-13/h1-3,6-7,10,12,15-16H,4-5,8-9,11H2,(H,21,27)(H,23,26)(H,24,28). The Kier molecular flexibility index (Phi) is 7.50. The number of amides is 3. The third-order valence-electron chi connectivity index (χ3n) is 4.58. The van der Waals surface area contributed by atoms with Crippen LogP contribution in [0.4, 0.5) is 4.79 Å². The number of carbonyl (C=O) groups excluding carboxylic acids is 4. The molecule has 2 heterocycles. The van der Waals surface area contributed by atoms with E-state index in [1.54, 1.807) is 5.38 Å². The van der Waals surface area contributed by atoms with Gasteiger partial charge in [0.25, 0.3) is 5.91 Å². The van der Waals surface area contributed by atoms with Gasteiger partial charge in [-0.2, -0.15) is 0 Å². The van der Waals surface area contributed by atoms with Crippen molar-refractivity contribution in [3.05, 3.63) is 53.0 Å². The number of ketones is 1. The fourth-order valence-corrected chi connectivity index (χ4v) is 3.55. The van der Waals surface area contributed by atoms with Crippen molar-refractivity contribution in [3.8, 4) is 0 Å². The molecule has 9 nitrogen and oxygen atoms in total. The molecule has 2 atom stereocenters. The van der Waals surface area contributed by atoms with Crippen LogP contribution in [0.3, 0.4) is 0 Å². The number of alkyl carbamates (subject to hydrolysis) is 1. The van der Waals surface area contributed by atoms with Crippen LogP contribution in [0, 0.1) is 0 Å². The number of hydrogen-bond acceptors (Lipinski definition) is 7. The van der Waals surface area contributed by atoms with Crippen LogP contribution in [-0.4, -0.2) is 40.7 Å². The van der Waals surface area contributed by atoms with Crippen molar-refractivity contribution in [2.75, 3.05) is 6.54 Å². The van der Waals surface area contributed by atoms with Crippen LogP contribution in [0.15, 0.2) is 41.9 Å². The molecule has 3 N–H and O–H groups in total. The van der Waals surface area contributed by atoms with Crippen LogP contribution in [0.5, 0.6) is 0 Å². The van der Waals surface area contributed by atoms with Gasteiger partial charge in [0.1, 0.15) is 12.6 Å². The molecule has 2 aromatic rings. The summed E-state index contributed by atoms with van der Waals surface area (Å²) in [6, 6.07) is 7.07. The van der Waals surface area contributed by atoms with Crippen molar-refractivity contribution in [2.24, 2.45) is 0 Å². The molecular weight excluding hydrogens is 408 g/mol. The summed E-state index contributed by atoms with van der Waals surface area (Å²) in [6.07, 6.45) is 2.41. The first kappa shape index (κ1) is 21.4. The van der Waals surface area contributed by atoms with Gasteiger partial charge in [0.15, 0.2) is 0 Å². The van der Waals surface area contributed by atoms with Crippen LogP contribution < -0.4 is 16.0 Å². The molecule has 1 aliphatic heterocycles. The van der Waals surface area contributed by atoms with Crippen LogP contribution >= 0.6 is 11.5 Å². The minimum atomic E-state index is -1.10. The third kappa shape index (κ3) is 5.86. The van der Waals surface area contributed by atoms with E-state index < -0.39 is 35.8 Å². The van der Waals surface area contributed by atoms with Crippen molar-refractivity contribution >= 4 is 35.2 Å². The van der Waals surface area contributed by atoms with E-state index in [-0.39, 0.29) is 6.61 Å². The molecule has 0 saturated carbocycles. The molecule has 3 amide bonds. The van der Waals surface area contributed by atoms with Gasteiger partial charge in [0.05, 0.1) is 6.04 Å². The van der Waals surface area contributed by atoms with Gasteiger partial charge in [0.2, 0.25) is 11.7 Å². The van der Waals surface area contributed by atoms with Crippen LogP contribution in [-0.2, 0) is 25.7 Å². The zero-order valence-corrected chi connectivity index (χ0v) is 16.9. The Morgan fingerprint density at radius 3 is 2.77 bits per heavy atom. The molecule has 0 spiro atoms. The molecule has 1 fully saturated rings. The summed E-state index contributed by atoms with van der Waals surface area (Å²) < 4.78 is 9.16. The van der Waals surface area contributed by atoms with Gasteiger partial charge in [-0.25, -0.2) is 9.17 Å². The average Bonchev–Trinajstić information content (AvgIpc) is 3.28. The number of benzene rings is 1. The van der Waals surface area contributed by atoms with Crippen molar-refractivity contribution in [3.63, 3.8) is 0 Å². The number of ether oxygens (including phenoxy) is 1. The molecule has 158 valence electrons. The lowest BCUT2D eigenvalue weighted by Crippen LogP contribution is -2.51. The Balaban J connectivity index is 1.65. The predicted octanol–water partition coefficient (Wildman–Crippen LogP) is 1.46. The van der Waals surface area contributed by atoms with Crippen molar-refractivity contribution in [1.82, 2.24) is 20.3 Å². The van der Waals surface area contributed by atoms with Gasteiger partial charge < -0.3 is 20.7 Å². The highest BCUT2D eigenvalue weighted by molar-refractivity contribution is 7.03. The minimum absolute atomic E-state index is 0.0458. The number of rotatable bonds is 6. The predicted molar refractivity (Wildman–Crippen MR) is 108 cm³/mol. The fraction of sp³-hybridized carbons (Fsp3) is 0.350. The second kappa shape index (κ2) is 10.5. The summed E-state index contributed by atoms with van der Waals surface area (Å²) in [5.41, 5.74) is 1.26. The lowest BCUT2D eigenvalue weighted by molar-refractivity contribution is -0.140. The monoisotopic (exact) mass is 430 g/mol. The summed E-state index contributed by atoms with van der Waals surface area (Å²) in [6.45, 7) is 0.480. The summed E-state index contributed by atoms with van der Waals surface area (Å²) in [5, 5.41) is 9.25. The first-order valence-electron chi connectivity index (χ1n) is 9.53. The van der Waals surface area contributed by atoms with Gasteiger partial charge >= 0.3 is 6.09 Å². The number of Topliss-reactive ketones (excluding diaryl/α,β-unsaturated/α-hetero) is 1. The molecule has 1 saturated heterocycles. The van der Waals surface area contributed by atoms with E-state index in [0.29, 0.717) is 31.4 Å². The van der Waals surface area contributed by atoms with E-state index >= 15 is 0 Å². The Morgan fingerprint density at radius 1 is 1.23 bits per heavy atom. The highest BCUT2D eigenvalue weighted by Gasteiger charge is 2.32. The maximum atomic E-state index is 12.9. The second-order valence-corrected chi connectivity index (χ2v) is 7.43. The zero-order valence-electron chi connectivity index (χ0n) is 16.1. The molecule has 10 heteroatoms. The Labute approximate surface area is 177 Å². The highest BCUT2D eigenvalue weighted by Crippen LogP contribution is 2.16. The number of nitrogens with one attached hydrogen (secondary N) is 3. The molecule has 3 rings (SSSR count). The summed E-state index contributed by atoms with van der Waals surface area (Å²) in [7, 11) is 0. The van der Waals surface area contributed by atoms with Crippen molar-refractivity contribution < 1.29 is 23.9 Å². The largest absolute Gasteiger partial charge is 0.445 e. The maximum absolute atomic E-state index is 12.9. The SMILES string of the molecule is O=C(NC(C(=O)NC1CCCCNC(=O)C1=O)c1cnsc1)OCc1ccccc1. The molecule has 1 aromatic carbocycles. The third-order valence-corrected chi connectivity index (χ3v) is 5.19. The van der Waals surface area contributed by atoms with Gasteiger partial charge in [-0.15, -0.1) is 0 Å². The quantitative estimate of drug-likeness (QED) is 0.596. The summed E-state index contributed by atoms with van der Waals surface area (Å²) in [5.74, 6) is -2.03. The molecule has 1 aromatic heterocycles. The molecule has 30 heavy (non-hydrogen) atoms. The number of hydrogen-bond donors (Lipinski definition) is 3. The number of aromatic nitrogens is 1. The molecule has 2 unspecified atom stereocenters. The van der Waals surface area contributed by atoms with E-state index in [1.165, 1.54) is 6.20 Å². The second-order valence-electron chi connectivity index (χ2n) is 6.77. The van der Waals surface area contributed by atoms with E-state index in [2.05, 4.69) is 20.3 Å². The van der Waals surface area contributed by atoms with E-state index in [9.17, 15) is 19.2 Å². The van der Waals surface area contributed by atoms with Crippen molar-refractivity contribution in [2.45, 2.75) is 38.0 Å². The Morgan fingerprint density at radius 2 is 2.03 bits per heavy atom. The summed E-state index contributed by atoms with van der Waals surface area (Å²) >= 11 is 1.12. The van der Waals surface area contributed by atoms with Crippen molar-refractivity contribution in [1.29, 1.82) is 0 Å². The van der Waals surface area contributed by atoms with E-state index in [4.69, 9.17) is 4.74 Å². The Bertz CT molecular complexity index is 888. The fourth-order valence-electron chi connectivity index (χ4n) is 2.98. The molecular formula is C20H22N4O5S. The first-order valence-corrected chi connectivity index (χ1v) is 10.4. The van der Waals surface area contributed by atoms with Gasteiger partial charge in [-0.05, 0) is 36.4 Å². The highest BCUT2D eigenvalue weighted by atomic mass is 32.1. The van der Waals surface area contributed by atoms with Crippen LogP contribution in [0.25, 0.3) is 0 Å². The van der Waals surface area contributed by atoms with Gasteiger partial charge in [-0.3, -0.25) is 14.4 Å². The summed E-state index contributed by atoms with van der Waals surface area (Å²) in [4.78, 5) is 49.3. The first-order chi connectivity index (χ1) is 14.5. The molecule has 0 bridgehead atoms. The average molecular weight is 430 g/mol. The maximum Gasteiger partial charge on any atom is 0.408 e. The minimum Gasteiger partial charge on any atom is -0.445 e.